The quantitative estimate of drug-likeness (QED) is 0.844. The van der Waals surface area contributed by atoms with Gasteiger partial charge in [-0.2, -0.15) is 0 Å². The second-order valence-corrected chi connectivity index (χ2v) is 3.83. The van der Waals surface area contributed by atoms with Gasteiger partial charge in [-0.25, -0.2) is 0 Å². The van der Waals surface area contributed by atoms with Crippen molar-refractivity contribution in [2.24, 2.45) is 5.73 Å². The number of hydrogen-bond acceptors (Lipinski definition) is 2. The van der Waals surface area contributed by atoms with Crippen molar-refractivity contribution in [2.45, 2.75) is 19.8 Å². The predicted octanol–water partition coefficient (Wildman–Crippen LogP) is 2.21. The highest BCUT2D eigenvalue weighted by molar-refractivity contribution is 9.10. The molecular weight excluding hydrogens is 216 g/mol. The minimum absolute atomic E-state index is 0.384. The molecule has 1 heterocycles. The molecule has 0 amide bonds. The molecule has 1 aromatic heterocycles. The molecule has 0 aliphatic rings. The lowest BCUT2D eigenvalue weighted by Crippen LogP contribution is -2.09. The molecule has 12 heavy (non-hydrogen) atoms. The van der Waals surface area contributed by atoms with Crippen LogP contribution < -0.4 is 5.73 Å². The van der Waals surface area contributed by atoms with Crippen LogP contribution in [0.15, 0.2) is 16.7 Å². The first-order valence-electron chi connectivity index (χ1n) is 3.97. The van der Waals surface area contributed by atoms with E-state index in [4.69, 9.17) is 5.73 Å². The standard InChI is InChI=1S/C9H13BrN2/c1-6(4-11)8-3-9(10)7(2)12-5-8/h3,5-6H,4,11H2,1-2H3. The minimum atomic E-state index is 0.384. The Morgan fingerprint density at radius 3 is 2.83 bits per heavy atom. The fourth-order valence-electron chi connectivity index (χ4n) is 0.927. The van der Waals surface area contributed by atoms with Crippen molar-refractivity contribution in [1.29, 1.82) is 0 Å². The Labute approximate surface area is 81.3 Å². The number of aryl methyl sites for hydroxylation is 1. The lowest BCUT2D eigenvalue weighted by Gasteiger charge is -2.09. The number of pyridine rings is 1. The van der Waals surface area contributed by atoms with Crippen LogP contribution in [-0.4, -0.2) is 11.5 Å². The van der Waals surface area contributed by atoms with E-state index in [9.17, 15) is 0 Å². The largest absolute Gasteiger partial charge is 0.330 e. The van der Waals surface area contributed by atoms with E-state index in [-0.39, 0.29) is 0 Å². The van der Waals surface area contributed by atoms with Crippen LogP contribution in [0.3, 0.4) is 0 Å². The topological polar surface area (TPSA) is 38.9 Å². The molecule has 0 aromatic carbocycles. The average molecular weight is 229 g/mol. The Bertz CT molecular complexity index is 273. The van der Waals surface area contributed by atoms with Crippen LogP contribution in [0.4, 0.5) is 0 Å². The van der Waals surface area contributed by atoms with Gasteiger partial charge in [-0.15, -0.1) is 0 Å². The van der Waals surface area contributed by atoms with E-state index in [1.807, 2.05) is 13.1 Å². The van der Waals surface area contributed by atoms with Gasteiger partial charge in [0.2, 0.25) is 0 Å². The smallest absolute Gasteiger partial charge is 0.0514 e. The van der Waals surface area contributed by atoms with Gasteiger partial charge < -0.3 is 5.73 Å². The third kappa shape index (κ3) is 2.05. The van der Waals surface area contributed by atoms with Crippen molar-refractivity contribution in [3.63, 3.8) is 0 Å². The molecule has 0 aliphatic heterocycles. The Hall–Kier alpha value is -0.410. The molecule has 2 N–H and O–H groups in total. The monoisotopic (exact) mass is 228 g/mol. The van der Waals surface area contributed by atoms with Crippen LogP contribution >= 0.6 is 15.9 Å². The van der Waals surface area contributed by atoms with Gasteiger partial charge in [0.1, 0.15) is 0 Å². The summed E-state index contributed by atoms with van der Waals surface area (Å²) in [6.07, 6.45) is 1.89. The van der Waals surface area contributed by atoms with Gasteiger partial charge >= 0.3 is 0 Å². The molecule has 1 aromatic rings. The molecule has 0 fully saturated rings. The van der Waals surface area contributed by atoms with E-state index in [2.05, 4.69) is 33.9 Å². The van der Waals surface area contributed by atoms with Crippen LogP contribution in [0.25, 0.3) is 0 Å². The highest BCUT2D eigenvalue weighted by Gasteiger charge is 2.04. The van der Waals surface area contributed by atoms with Crippen molar-refractivity contribution in [1.82, 2.24) is 4.98 Å². The van der Waals surface area contributed by atoms with Gasteiger partial charge in [0, 0.05) is 10.7 Å². The maximum Gasteiger partial charge on any atom is 0.0514 e. The van der Waals surface area contributed by atoms with E-state index in [0.717, 1.165) is 10.2 Å². The zero-order valence-corrected chi connectivity index (χ0v) is 8.93. The second-order valence-electron chi connectivity index (χ2n) is 2.97. The van der Waals surface area contributed by atoms with Crippen molar-refractivity contribution in [3.8, 4) is 0 Å². The molecule has 1 rings (SSSR count). The first-order chi connectivity index (χ1) is 5.65. The fraction of sp³-hybridized carbons (Fsp3) is 0.444. The summed E-state index contributed by atoms with van der Waals surface area (Å²) >= 11 is 3.44. The number of nitrogens with two attached hydrogens (primary N) is 1. The van der Waals surface area contributed by atoms with Gasteiger partial charge in [-0.1, -0.05) is 6.92 Å². The third-order valence-electron chi connectivity index (χ3n) is 1.97. The van der Waals surface area contributed by atoms with Gasteiger partial charge in [0.15, 0.2) is 0 Å². The molecule has 1 atom stereocenters. The van der Waals surface area contributed by atoms with Crippen LogP contribution in [0.1, 0.15) is 24.1 Å². The minimum Gasteiger partial charge on any atom is -0.330 e. The number of rotatable bonds is 2. The Kier molecular flexibility index (Phi) is 3.23. The van der Waals surface area contributed by atoms with Crippen LogP contribution in [-0.2, 0) is 0 Å². The Balaban J connectivity index is 2.96. The molecule has 0 spiro atoms. The summed E-state index contributed by atoms with van der Waals surface area (Å²) in [4.78, 5) is 4.25. The zero-order valence-electron chi connectivity index (χ0n) is 7.34. The molecule has 0 saturated heterocycles. The van der Waals surface area contributed by atoms with E-state index in [1.54, 1.807) is 0 Å². The fourth-order valence-corrected chi connectivity index (χ4v) is 1.29. The summed E-state index contributed by atoms with van der Waals surface area (Å²) in [6.45, 7) is 4.73. The molecule has 0 saturated carbocycles. The molecule has 66 valence electrons. The summed E-state index contributed by atoms with van der Waals surface area (Å²) < 4.78 is 1.06. The Morgan fingerprint density at radius 2 is 2.33 bits per heavy atom. The van der Waals surface area contributed by atoms with Crippen molar-refractivity contribution in [3.05, 3.63) is 28.0 Å². The third-order valence-corrected chi connectivity index (χ3v) is 2.77. The van der Waals surface area contributed by atoms with Gasteiger partial charge in [0.25, 0.3) is 0 Å². The highest BCUT2D eigenvalue weighted by atomic mass is 79.9. The average Bonchev–Trinajstić information content (AvgIpc) is 2.08. The van der Waals surface area contributed by atoms with Crippen molar-refractivity contribution in [2.75, 3.05) is 6.54 Å². The number of aromatic nitrogens is 1. The molecule has 0 bridgehead atoms. The molecule has 0 aliphatic carbocycles. The summed E-state index contributed by atoms with van der Waals surface area (Å²) in [6, 6.07) is 2.08. The first-order valence-corrected chi connectivity index (χ1v) is 4.76. The van der Waals surface area contributed by atoms with Gasteiger partial charge in [-0.3, -0.25) is 4.98 Å². The molecular formula is C9H13BrN2. The summed E-state index contributed by atoms with van der Waals surface area (Å²) in [5.74, 6) is 0.384. The lowest BCUT2D eigenvalue weighted by molar-refractivity contribution is 0.767. The van der Waals surface area contributed by atoms with E-state index in [1.165, 1.54) is 5.56 Å². The normalized spacial score (nSPS) is 13.0. The molecule has 3 heteroatoms. The SMILES string of the molecule is Cc1ncc(C(C)CN)cc1Br. The van der Waals surface area contributed by atoms with Gasteiger partial charge in [-0.05, 0) is 46.9 Å². The van der Waals surface area contributed by atoms with E-state index in [0.29, 0.717) is 12.5 Å². The molecule has 0 radical (unpaired) electrons. The second kappa shape index (κ2) is 4.01. The van der Waals surface area contributed by atoms with Crippen LogP contribution in [0.5, 0.6) is 0 Å². The van der Waals surface area contributed by atoms with Crippen LogP contribution in [0, 0.1) is 6.92 Å². The number of halogens is 1. The lowest BCUT2D eigenvalue weighted by atomic mass is 10.0. The first kappa shape index (κ1) is 9.68. The molecule has 2 nitrogen and oxygen atoms in total. The highest BCUT2D eigenvalue weighted by Crippen LogP contribution is 2.19. The van der Waals surface area contributed by atoms with Crippen molar-refractivity contribution < 1.29 is 0 Å². The summed E-state index contributed by atoms with van der Waals surface area (Å²) in [5, 5.41) is 0. The number of hydrogen-bond donors (Lipinski definition) is 1. The maximum atomic E-state index is 5.55. The molecule has 1 unspecified atom stereocenters. The summed E-state index contributed by atoms with van der Waals surface area (Å²) in [5.41, 5.74) is 7.76. The van der Waals surface area contributed by atoms with E-state index < -0.39 is 0 Å². The number of nitrogens with zero attached hydrogens (tertiary/aromatic N) is 1. The predicted molar refractivity (Wildman–Crippen MR) is 54.1 cm³/mol. The van der Waals surface area contributed by atoms with Crippen molar-refractivity contribution >= 4 is 15.9 Å². The van der Waals surface area contributed by atoms with Crippen LogP contribution in [0.2, 0.25) is 0 Å². The summed E-state index contributed by atoms with van der Waals surface area (Å²) in [7, 11) is 0. The maximum absolute atomic E-state index is 5.55. The zero-order chi connectivity index (χ0) is 9.14. The van der Waals surface area contributed by atoms with E-state index >= 15 is 0 Å². The van der Waals surface area contributed by atoms with Gasteiger partial charge in [0.05, 0.1) is 5.69 Å². The Morgan fingerprint density at radius 1 is 1.67 bits per heavy atom.